The second-order valence-electron chi connectivity index (χ2n) is 5.36. The number of carbonyl (C=O) groups excluding carboxylic acids is 2. The largest absolute Gasteiger partial charge is 0.464 e. The molecule has 0 unspecified atom stereocenters. The average Bonchev–Trinajstić information content (AvgIpc) is 2.46. The van der Waals surface area contributed by atoms with Crippen molar-refractivity contribution in [3.63, 3.8) is 0 Å². The number of carbonyl (C=O) groups is 2. The summed E-state index contributed by atoms with van der Waals surface area (Å²) in [4.78, 5) is 26.6. The number of hydrogen-bond donors (Lipinski definition) is 0. The molecule has 0 amide bonds. The number of likely N-dealkylation sites (N-methyl/N-ethyl adjacent to an activating group) is 1. The Balaban J connectivity index is 3.25. The van der Waals surface area contributed by atoms with Gasteiger partial charge in [0.05, 0.1) is 13.2 Å². The number of rotatable bonds is 7. The second kappa shape index (κ2) is 7.94. The van der Waals surface area contributed by atoms with Crippen LogP contribution in [-0.2, 0) is 25.5 Å². The monoisotopic (exact) mass is 307 g/mol. The molecule has 0 aromatic heterocycles. The Morgan fingerprint density at radius 3 is 1.82 bits per heavy atom. The van der Waals surface area contributed by atoms with E-state index < -0.39 is 17.5 Å². The highest BCUT2D eigenvalue weighted by molar-refractivity contribution is 6.05. The van der Waals surface area contributed by atoms with Gasteiger partial charge in [-0.1, -0.05) is 29.8 Å². The SMILES string of the molecule is CCOC(=O)C(Cc1ccc(C)cc1)(C(=O)OCC)N(C)C. The second-order valence-corrected chi connectivity index (χ2v) is 5.36. The van der Waals surface area contributed by atoms with Gasteiger partial charge in [-0.05, 0) is 40.4 Å². The molecule has 22 heavy (non-hydrogen) atoms. The lowest BCUT2D eigenvalue weighted by Crippen LogP contribution is -2.60. The first-order chi connectivity index (χ1) is 10.4. The molecule has 5 heteroatoms. The Hall–Kier alpha value is -1.88. The fourth-order valence-corrected chi connectivity index (χ4v) is 2.25. The first kappa shape index (κ1) is 18.2. The lowest BCUT2D eigenvalue weighted by Gasteiger charge is -2.35. The summed E-state index contributed by atoms with van der Waals surface area (Å²) < 4.78 is 10.3. The van der Waals surface area contributed by atoms with Gasteiger partial charge in [-0.15, -0.1) is 0 Å². The van der Waals surface area contributed by atoms with Crippen LogP contribution in [0.4, 0.5) is 0 Å². The molecule has 1 aromatic carbocycles. The lowest BCUT2D eigenvalue weighted by atomic mass is 9.89. The van der Waals surface area contributed by atoms with Crippen LogP contribution < -0.4 is 0 Å². The van der Waals surface area contributed by atoms with Crippen LogP contribution in [0.25, 0.3) is 0 Å². The maximum Gasteiger partial charge on any atom is 0.338 e. The van der Waals surface area contributed by atoms with Crippen molar-refractivity contribution in [1.82, 2.24) is 4.90 Å². The van der Waals surface area contributed by atoms with Crippen molar-refractivity contribution in [3.05, 3.63) is 35.4 Å². The Labute approximate surface area is 132 Å². The molecule has 1 aromatic rings. The van der Waals surface area contributed by atoms with E-state index in [0.29, 0.717) is 0 Å². The molecule has 0 aliphatic carbocycles. The number of hydrogen-bond acceptors (Lipinski definition) is 5. The summed E-state index contributed by atoms with van der Waals surface area (Å²) >= 11 is 0. The molecule has 122 valence electrons. The highest BCUT2D eigenvalue weighted by Crippen LogP contribution is 2.23. The predicted octanol–water partition coefficient (Wildman–Crippen LogP) is 1.96. The Kier molecular flexibility index (Phi) is 6.56. The van der Waals surface area contributed by atoms with E-state index >= 15 is 0 Å². The quantitative estimate of drug-likeness (QED) is 0.569. The Morgan fingerprint density at radius 1 is 1.00 bits per heavy atom. The van der Waals surface area contributed by atoms with Gasteiger partial charge in [0.2, 0.25) is 5.54 Å². The molecule has 1 rings (SSSR count). The van der Waals surface area contributed by atoms with E-state index in [1.165, 1.54) is 0 Å². The van der Waals surface area contributed by atoms with E-state index in [4.69, 9.17) is 9.47 Å². The van der Waals surface area contributed by atoms with E-state index in [9.17, 15) is 9.59 Å². The smallest absolute Gasteiger partial charge is 0.338 e. The van der Waals surface area contributed by atoms with E-state index in [1.807, 2.05) is 31.2 Å². The van der Waals surface area contributed by atoms with Gasteiger partial charge in [-0.3, -0.25) is 4.90 Å². The minimum absolute atomic E-state index is 0.206. The molecule has 0 saturated heterocycles. The lowest BCUT2D eigenvalue weighted by molar-refractivity contribution is -0.173. The molecule has 0 heterocycles. The molecule has 0 spiro atoms. The molecule has 5 nitrogen and oxygen atoms in total. The molecule has 0 aliphatic heterocycles. The molecule has 0 aliphatic rings. The van der Waals surface area contributed by atoms with Crippen molar-refractivity contribution in [2.45, 2.75) is 32.7 Å². The van der Waals surface area contributed by atoms with Gasteiger partial charge >= 0.3 is 11.9 Å². The number of ether oxygens (including phenoxy) is 2. The summed E-state index contributed by atoms with van der Waals surface area (Å²) in [7, 11) is 3.37. The van der Waals surface area contributed by atoms with Gasteiger partial charge < -0.3 is 9.47 Å². The molecule has 0 N–H and O–H groups in total. The van der Waals surface area contributed by atoms with E-state index in [1.54, 1.807) is 32.8 Å². The third kappa shape index (κ3) is 3.85. The van der Waals surface area contributed by atoms with Gasteiger partial charge in [0, 0.05) is 6.42 Å². The molecule has 0 fully saturated rings. The summed E-state index contributed by atoms with van der Waals surface area (Å²) in [5.74, 6) is -1.17. The number of esters is 2. The topological polar surface area (TPSA) is 55.8 Å². The number of nitrogens with zero attached hydrogens (tertiary/aromatic N) is 1. The third-order valence-corrected chi connectivity index (χ3v) is 3.57. The average molecular weight is 307 g/mol. The van der Waals surface area contributed by atoms with Crippen LogP contribution >= 0.6 is 0 Å². The fourth-order valence-electron chi connectivity index (χ4n) is 2.25. The molecule has 0 bridgehead atoms. The van der Waals surface area contributed by atoms with Crippen LogP contribution in [0.5, 0.6) is 0 Å². The summed E-state index contributed by atoms with van der Waals surface area (Å²) in [6.45, 7) is 5.84. The number of benzene rings is 1. The van der Waals surface area contributed by atoms with Crippen molar-refractivity contribution < 1.29 is 19.1 Å². The fraction of sp³-hybridized carbons (Fsp3) is 0.529. The highest BCUT2D eigenvalue weighted by atomic mass is 16.6. The zero-order chi connectivity index (χ0) is 16.8. The zero-order valence-electron chi connectivity index (χ0n) is 14.0. The van der Waals surface area contributed by atoms with Gasteiger partial charge in [-0.25, -0.2) is 9.59 Å². The van der Waals surface area contributed by atoms with Crippen LogP contribution in [0.1, 0.15) is 25.0 Å². The number of aryl methyl sites for hydroxylation is 1. The van der Waals surface area contributed by atoms with Gasteiger partial charge in [0.15, 0.2) is 0 Å². The van der Waals surface area contributed by atoms with Crippen LogP contribution in [0.3, 0.4) is 0 Å². The van der Waals surface area contributed by atoms with Crippen molar-refractivity contribution in [2.75, 3.05) is 27.3 Å². The molecule has 0 radical (unpaired) electrons. The van der Waals surface area contributed by atoms with Gasteiger partial charge in [0.1, 0.15) is 0 Å². The highest BCUT2D eigenvalue weighted by Gasteiger charge is 2.51. The van der Waals surface area contributed by atoms with Gasteiger partial charge in [-0.2, -0.15) is 0 Å². The molecular weight excluding hydrogens is 282 g/mol. The zero-order valence-corrected chi connectivity index (χ0v) is 14.0. The van der Waals surface area contributed by atoms with E-state index in [0.717, 1.165) is 11.1 Å². The molecule has 0 saturated carbocycles. The normalized spacial score (nSPS) is 11.4. The third-order valence-electron chi connectivity index (χ3n) is 3.57. The maximum atomic E-state index is 12.5. The van der Waals surface area contributed by atoms with Crippen molar-refractivity contribution in [3.8, 4) is 0 Å². The Bertz CT molecular complexity index is 490. The summed E-state index contributed by atoms with van der Waals surface area (Å²) in [6.07, 6.45) is 0.206. The Morgan fingerprint density at radius 2 is 1.45 bits per heavy atom. The molecule has 0 atom stereocenters. The first-order valence-electron chi connectivity index (χ1n) is 7.45. The first-order valence-corrected chi connectivity index (χ1v) is 7.45. The summed E-state index contributed by atoms with van der Waals surface area (Å²) in [5.41, 5.74) is 0.522. The van der Waals surface area contributed by atoms with Gasteiger partial charge in [0.25, 0.3) is 0 Å². The predicted molar refractivity (Wildman–Crippen MR) is 84.6 cm³/mol. The van der Waals surface area contributed by atoms with Crippen molar-refractivity contribution in [2.24, 2.45) is 0 Å². The summed E-state index contributed by atoms with van der Waals surface area (Å²) in [5, 5.41) is 0. The minimum atomic E-state index is -1.47. The summed E-state index contributed by atoms with van der Waals surface area (Å²) in [6, 6.07) is 7.72. The van der Waals surface area contributed by atoms with Crippen molar-refractivity contribution >= 4 is 11.9 Å². The maximum absolute atomic E-state index is 12.5. The van der Waals surface area contributed by atoms with Crippen LogP contribution in [0.2, 0.25) is 0 Å². The van der Waals surface area contributed by atoms with Crippen LogP contribution in [-0.4, -0.2) is 49.7 Å². The van der Waals surface area contributed by atoms with E-state index in [-0.39, 0.29) is 19.6 Å². The van der Waals surface area contributed by atoms with Crippen LogP contribution in [0.15, 0.2) is 24.3 Å². The molecular formula is C17H25NO4. The van der Waals surface area contributed by atoms with E-state index in [2.05, 4.69) is 0 Å². The minimum Gasteiger partial charge on any atom is -0.464 e. The standard InChI is InChI=1S/C17H25NO4/c1-6-21-15(19)17(18(4)5,16(20)22-7-2)12-14-10-8-13(3)9-11-14/h8-11H,6-7,12H2,1-5H3. The van der Waals surface area contributed by atoms with Crippen LogP contribution in [0, 0.1) is 6.92 Å². The van der Waals surface area contributed by atoms with Crippen molar-refractivity contribution in [1.29, 1.82) is 0 Å².